The summed E-state index contributed by atoms with van der Waals surface area (Å²) in [5, 5.41) is 7.59. The van der Waals surface area contributed by atoms with Gasteiger partial charge in [-0.3, -0.25) is 19.4 Å². The number of nitrogens with one attached hydrogen (secondary N) is 1. The van der Waals surface area contributed by atoms with Gasteiger partial charge in [-0.05, 0) is 56.0 Å². The molecular formula is C24H29N5O. The van der Waals surface area contributed by atoms with E-state index in [4.69, 9.17) is 0 Å². The first-order chi connectivity index (χ1) is 14.6. The number of likely N-dealkylation sites (tertiary alicyclic amines) is 1. The largest absolute Gasteiger partial charge is 0.343 e. The first-order valence-corrected chi connectivity index (χ1v) is 10.6. The van der Waals surface area contributed by atoms with Crippen LogP contribution < -0.4 is 5.32 Å². The van der Waals surface area contributed by atoms with Crippen LogP contribution in [0.4, 0.5) is 0 Å². The molecule has 1 aromatic carbocycles. The second-order valence-corrected chi connectivity index (χ2v) is 8.18. The van der Waals surface area contributed by atoms with Gasteiger partial charge in [0.25, 0.3) is 5.91 Å². The van der Waals surface area contributed by atoms with E-state index in [9.17, 15) is 4.79 Å². The lowest BCUT2D eigenvalue weighted by molar-refractivity contribution is 0.0874. The Bertz CT molecular complexity index is 984. The van der Waals surface area contributed by atoms with Crippen molar-refractivity contribution in [3.05, 3.63) is 83.4 Å². The maximum atomic E-state index is 13.1. The predicted molar refractivity (Wildman–Crippen MR) is 117 cm³/mol. The molecule has 3 aromatic rings. The van der Waals surface area contributed by atoms with Crippen molar-refractivity contribution in [2.75, 3.05) is 13.1 Å². The standard InChI is InChI=1S/C24H29N5O/c1-18-8-3-4-10-21(18)24(30)27-23(22-11-5-6-12-25-22)20-9-7-13-29(17-20)16-19-14-26-28(2)15-19/h3-6,8,10-12,14-15,20,23H,7,9,13,16-17H2,1-2H3,(H,27,30)/t20-,23+/m1/s1. The molecule has 0 saturated carbocycles. The summed E-state index contributed by atoms with van der Waals surface area (Å²) in [7, 11) is 1.95. The van der Waals surface area contributed by atoms with Gasteiger partial charge in [-0.25, -0.2) is 0 Å². The topological polar surface area (TPSA) is 63.1 Å². The van der Waals surface area contributed by atoms with Crippen molar-refractivity contribution in [1.29, 1.82) is 0 Å². The molecule has 1 fully saturated rings. The minimum atomic E-state index is -0.116. The normalized spacial score (nSPS) is 18.1. The molecule has 1 amide bonds. The van der Waals surface area contributed by atoms with Gasteiger partial charge in [0, 0.05) is 43.7 Å². The molecule has 156 valence electrons. The van der Waals surface area contributed by atoms with Crippen LogP contribution in [0.15, 0.2) is 61.1 Å². The molecule has 30 heavy (non-hydrogen) atoms. The second kappa shape index (κ2) is 9.22. The Morgan fingerprint density at radius 3 is 2.80 bits per heavy atom. The Balaban J connectivity index is 1.53. The fraction of sp³-hybridized carbons (Fsp3) is 0.375. The summed E-state index contributed by atoms with van der Waals surface area (Å²) in [4.78, 5) is 20.2. The lowest BCUT2D eigenvalue weighted by Crippen LogP contribution is -2.43. The van der Waals surface area contributed by atoms with Gasteiger partial charge in [-0.15, -0.1) is 0 Å². The number of carbonyl (C=O) groups excluding carboxylic acids is 1. The number of benzene rings is 1. The Hall–Kier alpha value is -2.99. The van der Waals surface area contributed by atoms with Crippen LogP contribution in [0, 0.1) is 12.8 Å². The van der Waals surface area contributed by atoms with Crippen molar-refractivity contribution in [3.63, 3.8) is 0 Å². The number of amides is 1. The highest BCUT2D eigenvalue weighted by molar-refractivity contribution is 5.95. The third-order valence-electron chi connectivity index (χ3n) is 5.86. The Labute approximate surface area is 177 Å². The molecule has 1 aliphatic heterocycles. The SMILES string of the molecule is Cc1ccccc1C(=O)N[C@H](c1ccccn1)[C@@H]1CCCN(Cc2cnn(C)c2)C1. The van der Waals surface area contributed by atoms with Gasteiger partial charge in [0.2, 0.25) is 0 Å². The number of rotatable bonds is 6. The number of carbonyl (C=O) groups is 1. The zero-order chi connectivity index (χ0) is 20.9. The van der Waals surface area contributed by atoms with Crippen molar-refractivity contribution in [2.45, 2.75) is 32.4 Å². The molecule has 4 rings (SSSR count). The summed E-state index contributed by atoms with van der Waals surface area (Å²) in [5.74, 6) is 0.270. The second-order valence-electron chi connectivity index (χ2n) is 8.18. The number of pyridine rings is 1. The lowest BCUT2D eigenvalue weighted by atomic mass is 9.88. The highest BCUT2D eigenvalue weighted by Crippen LogP contribution is 2.30. The average molecular weight is 404 g/mol. The van der Waals surface area contributed by atoms with Gasteiger partial charge in [0.05, 0.1) is 17.9 Å². The Kier molecular flexibility index (Phi) is 6.23. The molecule has 1 saturated heterocycles. The molecule has 1 aliphatic rings. The highest BCUT2D eigenvalue weighted by Gasteiger charge is 2.31. The van der Waals surface area contributed by atoms with Crippen LogP contribution in [-0.2, 0) is 13.6 Å². The third-order valence-corrected chi connectivity index (χ3v) is 5.86. The maximum absolute atomic E-state index is 13.1. The zero-order valence-corrected chi connectivity index (χ0v) is 17.7. The van der Waals surface area contributed by atoms with Crippen LogP contribution in [0.5, 0.6) is 0 Å². The van der Waals surface area contributed by atoms with Gasteiger partial charge in [0.15, 0.2) is 0 Å². The van der Waals surface area contributed by atoms with Crippen LogP contribution in [0.2, 0.25) is 0 Å². The molecule has 2 aromatic heterocycles. The van der Waals surface area contributed by atoms with Crippen LogP contribution in [0.1, 0.15) is 46.1 Å². The molecule has 0 unspecified atom stereocenters. The van der Waals surface area contributed by atoms with E-state index in [0.29, 0.717) is 5.92 Å². The van der Waals surface area contributed by atoms with Crippen molar-refractivity contribution in [2.24, 2.45) is 13.0 Å². The summed E-state index contributed by atoms with van der Waals surface area (Å²) < 4.78 is 1.84. The monoisotopic (exact) mass is 403 g/mol. The average Bonchev–Trinajstić information content (AvgIpc) is 3.17. The van der Waals surface area contributed by atoms with E-state index in [2.05, 4.69) is 26.5 Å². The molecule has 6 heteroatoms. The number of nitrogens with zero attached hydrogens (tertiary/aromatic N) is 4. The molecule has 0 bridgehead atoms. The number of hydrogen-bond acceptors (Lipinski definition) is 4. The van der Waals surface area contributed by atoms with Gasteiger partial charge >= 0.3 is 0 Å². The maximum Gasteiger partial charge on any atom is 0.252 e. The third kappa shape index (κ3) is 4.76. The summed E-state index contributed by atoms with van der Waals surface area (Å²) in [6.45, 7) is 4.84. The van der Waals surface area contributed by atoms with Gasteiger partial charge in [0.1, 0.15) is 0 Å². The molecule has 6 nitrogen and oxygen atoms in total. The van der Waals surface area contributed by atoms with E-state index in [-0.39, 0.29) is 11.9 Å². The number of hydrogen-bond donors (Lipinski definition) is 1. The van der Waals surface area contributed by atoms with E-state index < -0.39 is 0 Å². The van der Waals surface area contributed by atoms with Crippen LogP contribution in [-0.4, -0.2) is 38.7 Å². The van der Waals surface area contributed by atoms with Gasteiger partial charge in [-0.2, -0.15) is 5.10 Å². The van der Waals surface area contributed by atoms with Gasteiger partial charge < -0.3 is 5.32 Å². The summed E-state index contributed by atoms with van der Waals surface area (Å²) in [5.41, 5.74) is 3.85. The molecule has 2 atom stereocenters. The van der Waals surface area contributed by atoms with Crippen molar-refractivity contribution < 1.29 is 4.79 Å². The first-order valence-electron chi connectivity index (χ1n) is 10.6. The molecule has 0 radical (unpaired) electrons. The molecule has 3 heterocycles. The van der Waals surface area contributed by atoms with E-state index in [1.807, 2.05) is 67.3 Å². The van der Waals surface area contributed by atoms with E-state index in [1.165, 1.54) is 5.56 Å². The number of aromatic nitrogens is 3. The molecule has 1 N–H and O–H groups in total. The Morgan fingerprint density at radius 1 is 1.23 bits per heavy atom. The summed E-state index contributed by atoms with van der Waals surface area (Å²) >= 11 is 0. The minimum absolute atomic E-state index is 0.0341. The number of piperidine rings is 1. The quantitative estimate of drug-likeness (QED) is 0.684. The fourth-order valence-corrected chi connectivity index (χ4v) is 4.36. The van der Waals surface area contributed by atoms with E-state index in [1.54, 1.807) is 6.20 Å². The van der Waals surface area contributed by atoms with Crippen LogP contribution >= 0.6 is 0 Å². The minimum Gasteiger partial charge on any atom is -0.343 e. The summed E-state index contributed by atoms with van der Waals surface area (Å²) in [6, 6.07) is 13.5. The molecule has 0 aliphatic carbocycles. The lowest BCUT2D eigenvalue weighted by Gasteiger charge is -2.37. The van der Waals surface area contributed by atoms with E-state index in [0.717, 1.165) is 49.3 Å². The van der Waals surface area contributed by atoms with Crippen molar-refractivity contribution >= 4 is 5.91 Å². The number of aryl methyl sites for hydroxylation is 2. The molecular weight excluding hydrogens is 374 g/mol. The van der Waals surface area contributed by atoms with Crippen LogP contribution in [0.25, 0.3) is 0 Å². The summed E-state index contributed by atoms with van der Waals surface area (Å²) in [6.07, 6.45) is 7.98. The first kappa shape index (κ1) is 20.3. The van der Waals surface area contributed by atoms with Crippen LogP contribution in [0.3, 0.4) is 0 Å². The highest BCUT2D eigenvalue weighted by atomic mass is 16.1. The van der Waals surface area contributed by atoms with E-state index >= 15 is 0 Å². The van der Waals surface area contributed by atoms with Crippen molar-refractivity contribution in [3.8, 4) is 0 Å². The Morgan fingerprint density at radius 2 is 2.07 bits per heavy atom. The van der Waals surface area contributed by atoms with Crippen molar-refractivity contribution in [1.82, 2.24) is 25.0 Å². The molecule has 0 spiro atoms. The van der Waals surface area contributed by atoms with Gasteiger partial charge in [-0.1, -0.05) is 24.3 Å². The smallest absolute Gasteiger partial charge is 0.252 e. The fourth-order valence-electron chi connectivity index (χ4n) is 4.36. The zero-order valence-electron chi connectivity index (χ0n) is 17.7. The predicted octanol–water partition coefficient (Wildman–Crippen LogP) is 3.51.